The van der Waals surface area contributed by atoms with E-state index in [9.17, 15) is 0 Å². The summed E-state index contributed by atoms with van der Waals surface area (Å²) in [4.78, 5) is 0. The fourth-order valence-electron chi connectivity index (χ4n) is 2.34. The third kappa shape index (κ3) is 4.10. The van der Waals surface area contributed by atoms with Crippen molar-refractivity contribution in [2.24, 2.45) is 11.8 Å². The van der Waals surface area contributed by atoms with Crippen LogP contribution in [0.25, 0.3) is 0 Å². The second-order valence-electron chi connectivity index (χ2n) is 4.23. The van der Waals surface area contributed by atoms with E-state index in [0.29, 0.717) is 0 Å². The molecule has 0 heterocycles. The highest BCUT2D eigenvalue weighted by Crippen LogP contribution is 2.30. The number of hydrogen-bond donors (Lipinski definition) is 2. The maximum atomic E-state index is 8.63. The van der Waals surface area contributed by atoms with E-state index in [-0.39, 0.29) is 6.61 Å². The fraction of sp³-hybridized carbons (Fsp3) is 1.00. The molecule has 0 saturated heterocycles. The van der Waals surface area contributed by atoms with Gasteiger partial charge in [-0.3, -0.25) is 0 Å². The van der Waals surface area contributed by atoms with Gasteiger partial charge < -0.3 is 10.4 Å². The second-order valence-corrected chi connectivity index (χ2v) is 4.23. The van der Waals surface area contributed by atoms with Crippen molar-refractivity contribution < 1.29 is 5.11 Å². The van der Waals surface area contributed by atoms with Crippen molar-refractivity contribution in [3.8, 4) is 0 Å². The van der Waals surface area contributed by atoms with Crippen molar-refractivity contribution in [1.29, 1.82) is 0 Å². The molecule has 0 aromatic heterocycles. The van der Waals surface area contributed by atoms with Crippen LogP contribution in [0.2, 0.25) is 0 Å². The number of aliphatic hydroxyl groups excluding tert-OH is 1. The van der Waals surface area contributed by atoms with Gasteiger partial charge in [0, 0.05) is 6.54 Å². The van der Waals surface area contributed by atoms with Gasteiger partial charge in [-0.25, -0.2) is 0 Å². The summed E-state index contributed by atoms with van der Waals surface area (Å²) in [5.74, 6) is 1.83. The summed E-state index contributed by atoms with van der Waals surface area (Å²) in [6.45, 7) is 4.43. The summed E-state index contributed by atoms with van der Waals surface area (Å²) in [5.41, 5.74) is 0. The summed E-state index contributed by atoms with van der Waals surface area (Å²) in [5, 5.41) is 11.9. The highest BCUT2D eigenvalue weighted by Gasteiger charge is 2.19. The van der Waals surface area contributed by atoms with E-state index in [0.717, 1.165) is 24.9 Å². The summed E-state index contributed by atoms with van der Waals surface area (Å²) < 4.78 is 0. The molecule has 0 amide bonds. The van der Waals surface area contributed by atoms with Gasteiger partial charge in [-0.2, -0.15) is 0 Å². The third-order valence-corrected chi connectivity index (χ3v) is 3.19. The Morgan fingerprint density at radius 3 is 2.77 bits per heavy atom. The Labute approximate surface area is 81.7 Å². The normalized spacial score (nSPS) is 29.1. The van der Waals surface area contributed by atoms with E-state index < -0.39 is 0 Å². The van der Waals surface area contributed by atoms with Crippen LogP contribution in [0.4, 0.5) is 0 Å². The number of aliphatic hydroxyl groups is 1. The largest absolute Gasteiger partial charge is 0.395 e. The molecule has 2 N–H and O–H groups in total. The first-order valence-corrected chi connectivity index (χ1v) is 5.68. The lowest BCUT2D eigenvalue weighted by Crippen LogP contribution is -2.28. The molecule has 1 rings (SSSR count). The first-order valence-electron chi connectivity index (χ1n) is 5.68. The molecule has 0 radical (unpaired) electrons. The zero-order valence-electron chi connectivity index (χ0n) is 8.76. The molecule has 0 spiro atoms. The summed E-state index contributed by atoms with van der Waals surface area (Å²) in [6.07, 6.45) is 6.97. The molecule has 1 aliphatic rings. The lowest BCUT2D eigenvalue weighted by atomic mass is 9.80. The van der Waals surface area contributed by atoms with Crippen molar-refractivity contribution in [3.05, 3.63) is 0 Å². The summed E-state index contributed by atoms with van der Waals surface area (Å²) in [6, 6.07) is 0. The average molecular weight is 185 g/mol. The van der Waals surface area contributed by atoms with Gasteiger partial charge in [0.15, 0.2) is 0 Å². The Morgan fingerprint density at radius 2 is 2.08 bits per heavy atom. The maximum absolute atomic E-state index is 8.63. The molecule has 78 valence electrons. The fourth-order valence-corrected chi connectivity index (χ4v) is 2.34. The van der Waals surface area contributed by atoms with E-state index in [1.807, 2.05) is 0 Å². The van der Waals surface area contributed by atoms with Crippen LogP contribution in [0.15, 0.2) is 0 Å². The summed E-state index contributed by atoms with van der Waals surface area (Å²) in [7, 11) is 0. The molecule has 0 aliphatic heterocycles. The van der Waals surface area contributed by atoms with Crippen LogP contribution in [0, 0.1) is 11.8 Å². The maximum Gasteiger partial charge on any atom is 0.0555 e. The van der Waals surface area contributed by atoms with Gasteiger partial charge in [0.05, 0.1) is 6.61 Å². The number of nitrogens with one attached hydrogen (secondary N) is 1. The molecule has 0 aromatic rings. The minimum Gasteiger partial charge on any atom is -0.395 e. The second kappa shape index (κ2) is 6.39. The van der Waals surface area contributed by atoms with Gasteiger partial charge in [-0.05, 0) is 31.2 Å². The molecule has 1 fully saturated rings. The van der Waals surface area contributed by atoms with Crippen molar-refractivity contribution in [2.75, 3.05) is 19.7 Å². The SMILES string of the molecule is CCC1CCCC(CNCCO)C1. The molecular weight excluding hydrogens is 162 g/mol. The molecule has 2 heteroatoms. The Morgan fingerprint density at radius 1 is 1.31 bits per heavy atom. The Kier molecular flexibility index (Phi) is 5.40. The highest BCUT2D eigenvalue weighted by molar-refractivity contribution is 4.73. The molecule has 13 heavy (non-hydrogen) atoms. The van der Waals surface area contributed by atoms with Crippen LogP contribution < -0.4 is 5.32 Å². The minimum atomic E-state index is 0.268. The Hall–Kier alpha value is -0.0800. The van der Waals surface area contributed by atoms with Gasteiger partial charge in [0.1, 0.15) is 0 Å². The average Bonchev–Trinajstić information content (AvgIpc) is 2.19. The molecule has 2 nitrogen and oxygen atoms in total. The van der Waals surface area contributed by atoms with Crippen LogP contribution in [-0.4, -0.2) is 24.8 Å². The quantitative estimate of drug-likeness (QED) is 0.640. The first kappa shape index (κ1) is 11.0. The zero-order valence-corrected chi connectivity index (χ0v) is 8.76. The Bertz CT molecular complexity index is 127. The zero-order chi connectivity index (χ0) is 9.52. The number of rotatable bonds is 5. The van der Waals surface area contributed by atoms with E-state index in [4.69, 9.17) is 5.11 Å². The van der Waals surface area contributed by atoms with Gasteiger partial charge >= 0.3 is 0 Å². The van der Waals surface area contributed by atoms with Crippen LogP contribution in [0.3, 0.4) is 0 Å². The predicted octanol–water partition coefficient (Wildman–Crippen LogP) is 1.78. The van der Waals surface area contributed by atoms with E-state index in [1.54, 1.807) is 0 Å². The number of hydrogen-bond acceptors (Lipinski definition) is 2. The molecule has 2 atom stereocenters. The molecular formula is C11H23NO. The first-order chi connectivity index (χ1) is 6.36. The van der Waals surface area contributed by atoms with Gasteiger partial charge in [0.2, 0.25) is 0 Å². The molecule has 0 bridgehead atoms. The topological polar surface area (TPSA) is 32.3 Å². The van der Waals surface area contributed by atoms with Gasteiger partial charge in [0.25, 0.3) is 0 Å². The van der Waals surface area contributed by atoms with Gasteiger partial charge in [-0.1, -0.05) is 26.2 Å². The van der Waals surface area contributed by atoms with Crippen LogP contribution in [0.5, 0.6) is 0 Å². The van der Waals surface area contributed by atoms with Crippen molar-refractivity contribution in [3.63, 3.8) is 0 Å². The Balaban J connectivity index is 2.11. The van der Waals surface area contributed by atoms with Crippen molar-refractivity contribution in [2.45, 2.75) is 39.0 Å². The molecule has 1 saturated carbocycles. The predicted molar refractivity (Wildman–Crippen MR) is 55.7 cm³/mol. The van der Waals surface area contributed by atoms with E-state index in [2.05, 4.69) is 12.2 Å². The third-order valence-electron chi connectivity index (χ3n) is 3.19. The van der Waals surface area contributed by atoms with E-state index >= 15 is 0 Å². The smallest absolute Gasteiger partial charge is 0.0555 e. The van der Waals surface area contributed by atoms with Crippen molar-refractivity contribution >= 4 is 0 Å². The van der Waals surface area contributed by atoms with Crippen LogP contribution in [-0.2, 0) is 0 Å². The van der Waals surface area contributed by atoms with Crippen molar-refractivity contribution in [1.82, 2.24) is 5.32 Å². The lowest BCUT2D eigenvalue weighted by Gasteiger charge is -2.28. The molecule has 2 unspecified atom stereocenters. The van der Waals surface area contributed by atoms with Gasteiger partial charge in [-0.15, -0.1) is 0 Å². The molecule has 0 aromatic carbocycles. The lowest BCUT2D eigenvalue weighted by molar-refractivity contribution is 0.242. The highest BCUT2D eigenvalue weighted by atomic mass is 16.3. The monoisotopic (exact) mass is 185 g/mol. The van der Waals surface area contributed by atoms with E-state index in [1.165, 1.54) is 32.1 Å². The minimum absolute atomic E-state index is 0.268. The van der Waals surface area contributed by atoms with Crippen LogP contribution in [0.1, 0.15) is 39.0 Å². The van der Waals surface area contributed by atoms with Crippen LogP contribution >= 0.6 is 0 Å². The molecule has 1 aliphatic carbocycles. The summed E-state index contributed by atoms with van der Waals surface area (Å²) >= 11 is 0. The standard InChI is InChI=1S/C11H23NO/c1-2-10-4-3-5-11(8-10)9-12-6-7-13/h10-13H,2-9H2,1H3.